The maximum Gasteiger partial charge on any atom is 0.335 e. The van der Waals surface area contributed by atoms with Crippen LogP contribution in [0.2, 0.25) is 0 Å². The minimum atomic E-state index is -1.38. The lowest BCUT2D eigenvalue weighted by Crippen LogP contribution is -2.57. The molecule has 3 aromatic rings. The second-order valence-corrected chi connectivity index (χ2v) is 22.8. The monoisotopic (exact) mass is 1130 g/mol. The molecule has 0 aliphatic carbocycles. The van der Waals surface area contributed by atoms with Crippen molar-refractivity contribution in [2.24, 2.45) is 33.8 Å². The standard InChI is InChI=1S/C20H27F2NO4.C17H23F2NO4.C12H24N2O3.C7H4F2O2.H2/c1-12(8-16(24)13-6-7-14(21)15(22)9-13)10-23-18(25)17-19(2,3)11-26-20(4,5)27-17;1-10(8-20-16(24)15(23)17(2,3)9-21)6-14(22)11-4-5-12(18)13(19)7-11;1-8(13)6-14-10(15)9-11(2,3)7-16-12(4,5)17-9;8-5-2-1-4(7(10)11)3-6(5)9;/h6-7,9,12,17H,8,10-11H2,1-5H3,(H,23,25);4-5,7,10,15,21,23H,6,8-9H2,1-3H3,(H,20,24);8-9H,6-7,13H2,1-5H3,(H,14,15);1-3H,(H,10,11);1H/t12-,17+;10-,15+;8-,9-;;/m110../s1. The van der Waals surface area contributed by atoms with Crippen LogP contribution in [0.25, 0.3) is 0 Å². The van der Waals surface area contributed by atoms with Gasteiger partial charge in [0.05, 0.1) is 25.4 Å². The third-order valence-corrected chi connectivity index (χ3v) is 12.2. The summed E-state index contributed by atoms with van der Waals surface area (Å²) in [6.45, 7) is 24.7. The number of ketones is 2. The van der Waals surface area contributed by atoms with Crippen molar-refractivity contribution >= 4 is 35.3 Å². The summed E-state index contributed by atoms with van der Waals surface area (Å²) in [6, 6.07) is 8.38. The number of hydrogen-bond donors (Lipinski definition) is 7. The van der Waals surface area contributed by atoms with E-state index < -0.39 is 87.5 Å². The summed E-state index contributed by atoms with van der Waals surface area (Å²) in [5, 5.41) is 35.4. The fraction of sp³-hybridized carbons (Fsp3) is 0.571. The highest BCUT2D eigenvalue weighted by molar-refractivity contribution is 5.97. The predicted octanol–water partition coefficient (Wildman–Crippen LogP) is 7.67. The van der Waals surface area contributed by atoms with Crippen LogP contribution in [-0.4, -0.2) is 126 Å². The molecule has 0 unspecified atom stereocenters. The number of benzene rings is 3. The third-order valence-electron chi connectivity index (χ3n) is 12.2. The van der Waals surface area contributed by atoms with E-state index in [9.17, 15) is 60.2 Å². The molecular formula is C56H80F6N4O13. The number of amides is 3. The van der Waals surface area contributed by atoms with Crippen LogP contribution < -0.4 is 21.7 Å². The number of carbonyl (C=O) groups is 6. The number of carboxylic acid groups (broad SMARTS) is 1. The van der Waals surface area contributed by atoms with Gasteiger partial charge in [-0.1, -0.05) is 55.4 Å². The van der Waals surface area contributed by atoms with Gasteiger partial charge in [0.15, 0.2) is 58.0 Å². The Bertz CT molecular complexity index is 2590. The number of carbonyl (C=O) groups excluding carboxylic acids is 5. The number of aliphatic hydroxyl groups excluding tert-OH is 2. The molecule has 3 aromatic carbocycles. The zero-order valence-corrected chi connectivity index (χ0v) is 47.1. The van der Waals surface area contributed by atoms with E-state index in [2.05, 4.69) is 16.0 Å². The molecule has 2 saturated heterocycles. The van der Waals surface area contributed by atoms with E-state index >= 15 is 0 Å². The summed E-state index contributed by atoms with van der Waals surface area (Å²) in [4.78, 5) is 70.9. The molecule has 5 rings (SSSR count). The Balaban J connectivity index is 0.000000554. The number of halogens is 6. The number of ether oxygens (including phenoxy) is 4. The Morgan fingerprint density at radius 3 is 1.29 bits per heavy atom. The molecular weight excluding hydrogens is 1050 g/mol. The molecule has 8 N–H and O–H groups in total. The van der Waals surface area contributed by atoms with Crippen LogP contribution >= 0.6 is 0 Å². The molecule has 2 heterocycles. The van der Waals surface area contributed by atoms with Crippen LogP contribution in [0, 0.1) is 63.0 Å². The first kappa shape index (κ1) is 69.3. The summed E-state index contributed by atoms with van der Waals surface area (Å²) >= 11 is 0. The lowest BCUT2D eigenvalue weighted by Gasteiger charge is -2.44. The van der Waals surface area contributed by atoms with E-state index in [0.29, 0.717) is 25.8 Å². The number of hydrogen-bond acceptors (Lipinski definition) is 13. The molecule has 2 fully saturated rings. The van der Waals surface area contributed by atoms with Gasteiger partial charge in [-0.05, 0) is 101 Å². The lowest BCUT2D eigenvalue weighted by atomic mass is 9.85. The highest BCUT2D eigenvalue weighted by atomic mass is 19.2. The van der Waals surface area contributed by atoms with Crippen LogP contribution in [0.3, 0.4) is 0 Å². The molecule has 0 aromatic heterocycles. The highest BCUT2D eigenvalue weighted by Crippen LogP contribution is 2.36. The first-order chi connectivity index (χ1) is 36.2. The van der Waals surface area contributed by atoms with Crippen molar-refractivity contribution in [2.45, 2.75) is 139 Å². The van der Waals surface area contributed by atoms with Crippen LogP contribution in [-0.2, 0) is 33.3 Å². The summed E-state index contributed by atoms with van der Waals surface area (Å²) in [7, 11) is 0. The number of aromatic carboxylic acids is 1. The minimum absolute atomic E-state index is 0. The number of rotatable bonds is 18. The number of nitrogens with two attached hydrogens (primary N) is 1. The van der Waals surface area contributed by atoms with Gasteiger partial charge in [0.1, 0.15) is 18.3 Å². The Morgan fingerprint density at radius 2 is 0.949 bits per heavy atom. The molecule has 0 saturated carbocycles. The van der Waals surface area contributed by atoms with Gasteiger partial charge in [0.2, 0.25) is 17.7 Å². The molecule has 0 bridgehead atoms. The number of Topliss-reactive ketones (excluding diaryl/α,β-unsaturated/α-hetero) is 2. The number of carboxylic acids is 1. The van der Waals surface area contributed by atoms with Crippen LogP contribution in [0.5, 0.6) is 0 Å². The molecule has 0 radical (unpaired) electrons. The third kappa shape index (κ3) is 22.7. The largest absolute Gasteiger partial charge is 0.478 e. The van der Waals surface area contributed by atoms with Crippen molar-refractivity contribution in [3.63, 3.8) is 0 Å². The zero-order chi connectivity index (χ0) is 60.6. The fourth-order valence-electron chi connectivity index (χ4n) is 7.16. The van der Waals surface area contributed by atoms with Gasteiger partial charge in [-0.2, -0.15) is 0 Å². The smallest absolute Gasteiger partial charge is 0.335 e. The van der Waals surface area contributed by atoms with Crippen molar-refractivity contribution < 1.29 is 90.8 Å². The SMILES string of the molecule is C[C@@H](CNC(=O)[C@@H]1OC(C)(C)OCC1(C)C)CC(=O)c1ccc(F)c(F)c1.C[C@@H](CNC(=O)[C@H](O)C(C)(C)CO)CC(=O)c1ccc(F)c(F)c1.C[C@H](N)CNC(=O)[C@@H]1OC(C)(C)OCC1(C)C.O=C(O)c1ccc(F)c(F)c1.[HH]. The van der Waals surface area contributed by atoms with Gasteiger partial charge >= 0.3 is 5.97 Å². The van der Waals surface area contributed by atoms with Crippen molar-refractivity contribution in [1.82, 2.24) is 16.0 Å². The average molecular weight is 1130 g/mol. The molecule has 444 valence electrons. The van der Waals surface area contributed by atoms with E-state index in [1.165, 1.54) is 12.1 Å². The van der Waals surface area contributed by atoms with E-state index in [4.69, 9.17) is 34.9 Å². The Kier molecular flexibility index (Phi) is 25.9. The molecule has 6 atom stereocenters. The quantitative estimate of drug-likeness (QED) is 0.0476. The van der Waals surface area contributed by atoms with Gasteiger partial charge in [-0.15, -0.1) is 0 Å². The van der Waals surface area contributed by atoms with Gasteiger partial charge < -0.3 is 56.0 Å². The highest BCUT2D eigenvalue weighted by Gasteiger charge is 2.47. The molecule has 2 aliphatic heterocycles. The summed E-state index contributed by atoms with van der Waals surface area (Å²) in [5.41, 5.74) is 3.73. The predicted molar refractivity (Wildman–Crippen MR) is 281 cm³/mol. The first-order valence-electron chi connectivity index (χ1n) is 25.4. The van der Waals surface area contributed by atoms with Crippen molar-refractivity contribution in [1.29, 1.82) is 0 Å². The average Bonchev–Trinajstić information content (AvgIpc) is 3.36. The van der Waals surface area contributed by atoms with E-state index in [0.717, 1.165) is 36.4 Å². The molecule has 0 spiro atoms. The van der Waals surface area contributed by atoms with Gasteiger partial charge in [-0.3, -0.25) is 24.0 Å². The molecule has 2 aliphatic rings. The zero-order valence-electron chi connectivity index (χ0n) is 47.1. The Morgan fingerprint density at radius 1 is 0.608 bits per heavy atom. The normalized spacial score (nSPS) is 19.3. The topological polar surface area (TPSA) is 262 Å². The molecule has 23 heteroatoms. The number of nitrogens with one attached hydrogen (secondary N) is 3. The first-order valence-corrected chi connectivity index (χ1v) is 25.4. The Hall–Kier alpha value is -5.82. The maximum atomic E-state index is 13.3. The number of aliphatic hydroxyl groups is 2. The lowest BCUT2D eigenvalue weighted by molar-refractivity contribution is -0.304. The maximum absolute atomic E-state index is 13.3. The second-order valence-electron chi connectivity index (χ2n) is 22.8. The fourth-order valence-corrected chi connectivity index (χ4v) is 7.16. The van der Waals surface area contributed by atoms with Gasteiger partial charge in [0, 0.05) is 67.3 Å². The van der Waals surface area contributed by atoms with Gasteiger partial charge in [0.25, 0.3) is 0 Å². The Labute approximate surface area is 459 Å². The van der Waals surface area contributed by atoms with Gasteiger partial charge in [-0.25, -0.2) is 31.1 Å². The van der Waals surface area contributed by atoms with Crippen molar-refractivity contribution in [3.8, 4) is 0 Å². The second kappa shape index (κ2) is 29.6. The molecule has 79 heavy (non-hydrogen) atoms. The van der Waals surface area contributed by atoms with E-state index in [1.807, 2.05) is 48.5 Å². The summed E-state index contributed by atoms with van der Waals surface area (Å²) < 4.78 is 99.4. The van der Waals surface area contributed by atoms with Crippen molar-refractivity contribution in [3.05, 3.63) is 106 Å². The summed E-state index contributed by atoms with van der Waals surface area (Å²) in [5.74, 6) is -11.3. The summed E-state index contributed by atoms with van der Waals surface area (Å²) in [6.07, 6.45) is -2.42. The van der Waals surface area contributed by atoms with Crippen LogP contribution in [0.4, 0.5) is 26.3 Å². The molecule has 17 nitrogen and oxygen atoms in total. The molecule has 3 amide bonds. The van der Waals surface area contributed by atoms with E-state index in [1.54, 1.807) is 41.5 Å². The van der Waals surface area contributed by atoms with Crippen molar-refractivity contribution in [2.75, 3.05) is 39.5 Å². The van der Waals surface area contributed by atoms with Crippen LogP contribution in [0.15, 0.2) is 54.6 Å². The minimum Gasteiger partial charge on any atom is -0.478 e. The van der Waals surface area contributed by atoms with E-state index in [-0.39, 0.29) is 97.3 Å². The van der Waals surface area contributed by atoms with Crippen LogP contribution in [0.1, 0.15) is 135 Å².